The topological polar surface area (TPSA) is 181 Å². The van der Waals surface area contributed by atoms with Crippen LogP contribution in [0.15, 0.2) is 24.3 Å². The van der Waals surface area contributed by atoms with Crippen molar-refractivity contribution in [3.8, 4) is 0 Å². The molecule has 0 heterocycles. The SMILES string of the molecule is COC(=O)N[C@H](C(=O)NNC[C@H](O)[C@H](Cc1ccc(I)cc1)NC(=O)[C@@H](OC(N)=O)C(C)(C)C(F)(F)F)C(C)(C)C(F)(F)F. The molecule has 44 heavy (non-hydrogen) atoms. The summed E-state index contributed by atoms with van der Waals surface area (Å²) in [6.45, 7) is 1.85. The van der Waals surface area contributed by atoms with Gasteiger partial charge in [-0.2, -0.15) is 26.3 Å². The molecule has 0 aliphatic carbocycles. The maximum atomic E-state index is 13.7. The molecule has 0 aliphatic heterocycles. The number of rotatable bonds is 13. The van der Waals surface area contributed by atoms with Gasteiger partial charge in [-0.05, 0) is 74.4 Å². The largest absolute Gasteiger partial charge is 0.453 e. The number of hydrogen-bond donors (Lipinski definition) is 6. The zero-order valence-corrected chi connectivity index (χ0v) is 26.3. The van der Waals surface area contributed by atoms with Gasteiger partial charge in [-0.15, -0.1) is 0 Å². The predicted molar refractivity (Wildman–Crippen MR) is 150 cm³/mol. The van der Waals surface area contributed by atoms with E-state index >= 15 is 0 Å². The Morgan fingerprint density at radius 1 is 0.909 bits per heavy atom. The molecule has 0 radical (unpaired) electrons. The van der Waals surface area contributed by atoms with E-state index in [1.807, 2.05) is 28.0 Å². The van der Waals surface area contributed by atoms with E-state index in [2.05, 4.69) is 20.2 Å². The van der Waals surface area contributed by atoms with Crippen molar-refractivity contribution in [3.05, 3.63) is 33.4 Å². The fourth-order valence-corrected chi connectivity index (χ4v) is 3.94. The lowest BCUT2D eigenvalue weighted by Gasteiger charge is -2.36. The number of benzene rings is 1. The van der Waals surface area contributed by atoms with Crippen LogP contribution in [0, 0.1) is 14.4 Å². The molecular weight excluding hydrogens is 723 g/mol. The van der Waals surface area contributed by atoms with Crippen molar-refractivity contribution < 1.29 is 60.1 Å². The van der Waals surface area contributed by atoms with Gasteiger partial charge in [0.15, 0.2) is 6.10 Å². The van der Waals surface area contributed by atoms with Crippen LogP contribution in [0.3, 0.4) is 0 Å². The van der Waals surface area contributed by atoms with Gasteiger partial charge < -0.3 is 30.9 Å². The van der Waals surface area contributed by atoms with Crippen molar-refractivity contribution in [1.82, 2.24) is 21.5 Å². The molecule has 12 nitrogen and oxygen atoms in total. The lowest BCUT2D eigenvalue weighted by Crippen LogP contribution is -2.62. The Bertz CT molecular complexity index is 1170. The molecule has 0 saturated carbocycles. The minimum absolute atomic E-state index is 0.192. The third-order valence-corrected chi connectivity index (χ3v) is 7.42. The number of halogens is 7. The van der Waals surface area contributed by atoms with Crippen molar-refractivity contribution in [3.63, 3.8) is 0 Å². The van der Waals surface area contributed by atoms with Crippen LogP contribution in [0.25, 0.3) is 0 Å². The summed E-state index contributed by atoms with van der Waals surface area (Å²) in [7, 11) is 0.871. The number of alkyl halides is 6. The van der Waals surface area contributed by atoms with E-state index < -0.39 is 78.0 Å². The first-order chi connectivity index (χ1) is 19.9. The molecule has 1 aromatic carbocycles. The molecule has 0 bridgehead atoms. The highest BCUT2D eigenvalue weighted by Crippen LogP contribution is 2.42. The molecule has 4 atom stereocenters. The van der Waals surface area contributed by atoms with Gasteiger partial charge in [-0.1, -0.05) is 12.1 Å². The molecular formula is C25H34F6IN5O7. The molecule has 1 aromatic rings. The van der Waals surface area contributed by atoms with Crippen molar-refractivity contribution in [1.29, 1.82) is 0 Å². The van der Waals surface area contributed by atoms with Gasteiger partial charge >= 0.3 is 24.5 Å². The molecule has 1 rings (SSSR count). The number of hydrazine groups is 1. The van der Waals surface area contributed by atoms with Crippen molar-refractivity contribution in [2.45, 2.75) is 70.8 Å². The average Bonchev–Trinajstić information content (AvgIpc) is 2.89. The van der Waals surface area contributed by atoms with Gasteiger partial charge in [0.1, 0.15) is 11.5 Å². The number of hydrogen-bond acceptors (Lipinski definition) is 8. The van der Waals surface area contributed by atoms with E-state index in [1.54, 1.807) is 29.6 Å². The molecule has 0 aromatic heterocycles. The van der Waals surface area contributed by atoms with Crippen molar-refractivity contribution >= 4 is 46.6 Å². The molecule has 250 valence electrons. The number of aliphatic hydroxyl groups excluding tert-OH is 1. The van der Waals surface area contributed by atoms with Crippen LogP contribution in [0.1, 0.15) is 33.3 Å². The van der Waals surface area contributed by atoms with E-state index in [1.165, 1.54) is 0 Å². The third-order valence-electron chi connectivity index (χ3n) is 6.70. The fraction of sp³-hybridized carbons (Fsp3) is 0.600. The third kappa shape index (κ3) is 10.5. The fourth-order valence-electron chi connectivity index (χ4n) is 3.58. The van der Waals surface area contributed by atoms with Gasteiger partial charge in [0, 0.05) is 10.1 Å². The van der Waals surface area contributed by atoms with Crippen LogP contribution < -0.4 is 27.2 Å². The summed E-state index contributed by atoms with van der Waals surface area (Å²) in [6, 6.07) is 2.93. The van der Waals surface area contributed by atoms with Gasteiger partial charge in [0.05, 0.1) is 24.7 Å². The van der Waals surface area contributed by atoms with E-state index in [0.717, 1.165) is 10.7 Å². The number of methoxy groups -OCH3 is 1. The lowest BCUT2D eigenvalue weighted by atomic mass is 9.83. The summed E-state index contributed by atoms with van der Waals surface area (Å²) in [5.74, 6) is -2.84. The molecule has 7 N–H and O–H groups in total. The van der Waals surface area contributed by atoms with Crippen LogP contribution in [0.2, 0.25) is 0 Å². The molecule has 19 heteroatoms. The lowest BCUT2D eigenvalue weighted by molar-refractivity contribution is -0.238. The molecule has 0 aliphatic rings. The zero-order valence-electron chi connectivity index (χ0n) is 24.2. The number of nitrogens with one attached hydrogen (secondary N) is 4. The highest BCUT2D eigenvalue weighted by atomic mass is 127. The highest BCUT2D eigenvalue weighted by molar-refractivity contribution is 14.1. The second-order valence-corrected chi connectivity index (χ2v) is 12.0. The summed E-state index contributed by atoms with van der Waals surface area (Å²) in [5.41, 5.74) is 3.80. The number of primary amides is 1. The van der Waals surface area contributed by atoms with Gasteiger partial charge in [-0.25, -0.2) is 15.0 Å². The molecule has 0 spiro atoms. The van der Waals surface area contributed by atoms with E-state index in [-0.39, 0.29) is 6.42 Å². The standard InChI is InChI=1S/C25H34F6IN5O7/c1-22(2,24(26,27)28)16(36-21(42)43-5)18(39)37-34-11-15(38)14(10-12-6-8-13(32)9-7-12)35-19(40)17(44-20(33)41)23(3,4)25(29,30)31/h6-9,14-17,34,38H,10-11H2,1-5H3,(H2,33,41)(H,35,40)(H,36,42)(H,37,39)/t14-,15-,16+,17+/m0/s1. The summed E-state index contributed by atoms with van der Waals surface area (Å²) in [4.78, 5) is 48.7. The zero-order chi connectivity index (χ0) is 34.3. The van der Waals surface area contributed by atoms with E-state index in [9.17, 15) is 50.6 Å². The minimum Gasteiger partial charge on any atom is -0.453 e. The smallest absolute Gasteiger partial charge is 0.407 e. The summed E-state index contributed by atoms with van der Waals surface area (Å²) in [5, 5.41) is 14.9. The number of alkyl carbamates (subject to hydrolysis) is 1. The van der Waals surface area contributed by atoms with Crippen LogP contribution in [0.4, 0.5) is 35.9 Å². The average molecular weight is 757 g/mol. The number of carbonyl (C=O) groups is 4. The molecule has 4 amide bonds. The van der Waals surface area contributed by atoms with Crippen LogP contribution in [-0.4, -0.2) is 79.4 Å². The second-order valence-electron chi connectivity index (χ2n) is 10.7. The molecule has 0 unspecified atom stereocenters. The van der Waals surface area contributed by atoms with E-state index in [0.29, 0.717) is 33.3 Å². The van der Waals surface area contributed by atoms with E-state index in [4.69, 9.17) is 5.73 Å². The Kier molecular flexibility index (Phi) is 13.5. The van der Waals surface area contributed by atoms with Crippen LogP contribution in [-0.2, 0) is 25.5 Å². The molecule has 0 fully saturated rings. The summed E-state index contributed by atoms with van der Waals surface area (Å²) >= 11 is 2.01. The number of ether oxygens (including phenoxy) is 2. The van der Waals surface area contributed by atoms with Crippen molar-refractivity contribution in [2.24, 2.45) is 16.6 Å². The monoisotopic (exact) mass is 757 g/mol. The summed E-state index contributed by atoms with van der Waals surface area (Å²) in [6.07, 6.45) is -17.4. The Morgan fingerprint density at radius 3 is 1.89 bits per heavy atom. The Hall–Kier alpha value is -3.07. The Labute approximate surface area is 262 Å². The maximum Gasteiger partial charge on any atom is 0.407 e. The van der Waals surface area contributed by atoms with Crippen LogP contribution in [0.5, 0.6) is 0 Å². The summed E-state index contributed by atoms with van der Waals surface area (Å²) < 4.78 is 91.7. The first kappa shape index (κ1) is 39.0. The maximum absolute atomic E-state index is 13.7. The number of amides is 4. The molecule has 0 saturated heterocycles. The normalized spacial score (nSPS) is 15.3. The number of carbonyl (C=O) groups excluding carboxylic acids is 4. The van der Waals surface area contributed by atoms with Gasteiger partial charge in [0.2, 0.25) is 0 Å². The van der Waals surface area contributed by atoms with Crippen molar-refractivity contribution in [2.75, 3.05) is 13.7 Å². The minimum atomic E-state index is -5.04. The predicted octanol–water partition coefficient (Wildman–Crippen LogP) is 2.67. The number of aliphatic hydroxyl groups is 1. The number of nitrogens with two attached hydrogens (primary N) is 1. The first-order valence-electron chi connectivity index (χ1n) is 12.6. The first-order valence-corrected chi connectivity index (χ1v) is 13.7. The Morgan fingerprint density at radius 2 is 1.43 bits per heavy atom. The second kappa shape index (κ2) is 15.3. The van der Waals surface area contributed by atoms with Crippen LogP contribution >= 0.6 is 22.6 Å². The quantitative estimate of drug-likeness (QED) is 0.101. The van der Waals surface area contributed by atoms with Gasteiger partial charge in [-0.3, -0.25) is 15.0 Å². The Balaban J connectivity index is 3.23. The van der Waals surface area contributed by atoms with Gasteiger partial charge in [0.25, 0.3) is 11.8 Å². The highest BCUT2D eigenvalue weighted by Gasteiger charge is 2.57.